The van der Waals surface area contributed by atoms with E-state index in [1.54, 1.807) is 0 Å². The average Bonchev–Trinajstić information content (AvgIpc) is 3.32. The molecule has 13 heteroatoms. The Morgan fingerprint density at radius 1 is 1.00 bits per heavy atom. The van der Waals surface area contributed by atoms with Crippen molar-refractivity contribution in [2.75, 3.05) is 6.54 Å². The lowest BCUT2D eigenvalue weighted by Gasteiger charge is -2.47. The molecule has 1 aliphatic heterocycles. The molecule has 36 heavy (non-hydrogen) atoms. The Morgan fingerprint density at radius 3 is 2.06 bits per heavy atom. The van der Waals surface area contributed by atoms with Crippen LogP contribution in [-0.4, -0.2) is 44.1 Å². The van der Waals surface area contributed by atoms with E-state index in [-0.39, 0.29) is 17.7 Å². The highest BCUT2D eigenvalue weighted by Crippen LogP contribution is 2.40. The highest BCUT2D eigenvalue weighted by Gasteiger charge is 2.51. The van der Waals surface area contributed by atoms with E-state index in [0.29, 0.717) is 0 Å². The largest absolute Gasteiger partial charge is 0.449 e. The van der Waals surface area contributed by atoms with Crippen LogP contribution in [0.2, 0.25) is 0 Å². The van der Waals surface area contributed by atoms with Gasteiger partial charge in [-0.05, 0) is 48.9 Å². The summed E-state index contributed by atoms with van der Waals surface area (Å²) in [4.78, 5) is 30.9. The van der Waals surface area contributed by atoms with Crippen molar-refractivity contribution in [2.45, 2.75) is 37.5 Å². The molecule has 2 atom stereocenters. The van der Waals surface area contributed by atoms with Crippen molar-refractivity contribution in [1.29, 1.82) is 0 Å². The zero-order valence-corrected chi connectivity index (χ0v) is 18.5. The molecule has 2 unspecified atom stereocenters. The number of amides is 1. The second-order valence-corrected chi connectivity index (χ2v) is 8.22. The van der Waals surface area contributed by atoms with Gasteiger partial charge < -0.3 is 9.64 Å². The van der Waals surface area contributed by atoms with Gasteiger partial charge in [0.1, 0.15) is 19.2 Å². The van der Waals surface area contributed by atoms with Gasteiger partial charge in [-0.25, -0.2) is 9.67 Å². The molecule has 1 aromatic heterocycles. The number of carbonyl (C=O) groups is 2. The van der Waals surface area contributed by atoms with Gasteiger partial charge in [0.05, 0.1) is 23.7 Å². The standard InChI is InChI=1S/C23H18F6N4O3/c1-14-21(11-32-13-30-12-31-32,16-6-8-18(9-7-16)23(27,28)29)36-19(34)10-33(14)20(35)15-2-4-17(5-3-15)22(24,25)26/h2-9,12-14H,10-11H2,1H3. The second-order valence-electron chi connectivity index (χ2n) is 8.22. The number of morpholine rings is 1. The van der Waals surface area contributed by atoms with Gasteiger partial charge in [0.15, 0.2) is 5.60 Å². The Balaban J connectivity index is 1.75. The fraction of sp³-hybridized carbons (Fsp3) is 0.304. The SMILES string of the molecule is CC1N(C(=O)c2ccc(C(F)(F)F)cc2)CC(=O)OC1(Cn1cncn1)c1ccc(C(F)(F)F)cc1. The van der Waals surface area contributed by atoms with Crippen LogP contribution >= 0.6 is 0 Å². The molecule has 190 valence electrons. The molecule has 7 nitrogen and oxygen atoms in total. The summed E-state index contributed by atoms with van der Waals surface area (Å²) >= 11 is 0. The van der Waals surface area contributed by atoms with Gasteiger partial charge >= 0.3 is 18.3 Å². The third kappa shape index (κ3) is 4.77. The molecule has 0 radical (unpaired) electrons. The van der Waals surface area contributed by atoms with Crippen LogP contribution in [0.4, 0.5) is 26.3 Å². The van der Waals surface area contributed by atoms with Gasteiger partial charge in [0, 0.05) is 5.56 Å². The van der Waals surface area contributed by atoms with Crippen LogP contribution in [0.3, 0.4) is 0 Å². The molecule has 2 heterocycles. The van der Waals surface area contributed by atoms with E-state index in [1.165, 1.54) is 24.3 Å². The molecule has 4 rings (SSSR count). The van der Waals surface area contributed by atoms with Crippen molar-refractivity contribution in [3.63, 3.8) is 0 Å². The zero-order valence-electron chi connectivity index (χ0n) is 18.5. The number of hydrogen-bond acceptors (Lipinski definition) is 5. The monoisotopic (exact) mass is 512 g/mol. The fourth-order valence-corrected chi connectivity index (χ4v) is 4.12. The first-order valence-corrected chi connectivity index (χ1v) is 10.5. The summed E-state index contributed by atoms with van der Waals surface area (Å²) < 4.78 is 85.1. The quantitative estimate of drug-likeness (QED) is 0.385. The number of halogens is 6. The maximum absolute atomic E-state index is 13.3. The van der Waals surface area contributed by atoms with Crippen molar-refractivity contribution >= 4 is 11.9 Å². The molecule has 0 aliphatic carbocycles. The van der Waals surface area contributed by atoms with E-state index in [2.05, 4.69) is 10.1 Å². The molecule has 0 spiro atoms. The van der Waals surface area contributed by atoms with Gasteiger partial charge in [-0.1, -0.05) is 12.1 Å². The summed E-state index contributed by atoms with van der Waals surface area (Å²) in [6, 6.07) is 6.49. The van der Waals surface area contributed by atoms with Gasteiger partial charge in [0.25, 0.3) is 5.91 Å². The van der Waals surface area contributed by atoms with Gasteiger partial charge in [-0.3, -0.25) is 9.59 Å². The Bertz CT molecular complexity index is 1240. The van der Waals surface area contributed by atoms with E-state index in [4.69, 9.17) is 4.74 Å². The number of aromatic nitrogens is 3. The minimum Gasteiger partial charge on any atom is -0.449 e. The number of cyclic esters (lactones) is 1. The lowest BCUT2D eigenvalue weighted by Crippen LogP contribution is -2.61. The number of nitrogens with zero attached hydrogens (tertiary/aromatic N) is 4. The first-order chi connectivity index (χ1) is 16.8. The Kier molecular flexibility index (Phi) is 6.27. The summed E-state index contributed by atoms with van der Waals surface area (Å²) in [5.74, 6) is -1.60. The number of carbonyl (C=O) groups excluding carboxylic acids is 2. The van der Waals surface area contributed by atoms with E-state index >= 15 is 0 Å². The van der Waals surface area contributed by atoms with Crippen LogP contribution in [-0.2, 0) is 34.0 Å². The average molecular weight is 512 g/mol. The molecule has 0 bridgehead atoms. The molecule has 3 aromatic rings. The van der Waals surface area contributed by atoms with Gasteiger partial charge in [0.2, 0.25) is 0 Å². The molecular weight excluding hydrogens is 494 g/mol. The van der Waals surface area contributed by atoms with Gasteiger partial charge in [-0.15, -0.1) is 0 Å². The van der Waals surface area contributed by atoms with Crippen LogP contribution < -0.4 is 0 Å². The number of hydrogen-bond donors (Lipinski definition) is 0. The van der Waals surface area contributed by atoms with E-state index < -0.39 is 53.5 Å². The molecule has 2 aromatic carbocycles. The van der Waals surface area contributed by atoms with Crippen molar-refractivity contribution in [3.8, 4) is 0 Å². The number of rotatable bonds is 4. The molecule has 1 saturated heterocycles. The molecule has 0 N–H and O–H groups in total. The van der Waals surface area contributed by atoms with Crippen molar-refractivity contribution in [1.82, 2.24) is 19.7 Å². The Labute approximate surface area is 200 Å². The Hall–Kier alpha value is -3.90. The third-order valence-corrected chi connectivity index (χ3v) is 6.02. The number of benzene rings is 2. The van der Waals surface area contributed by atoms with Crippen molar-refractivity contribution in [3.05, 3.63) is 83.4 Å². The second kappa shape index (κ2) is 8.95. The van der Waals surface area contributed by atoms with Crippen molar-refractivity contribution in [2.24, 2.45) is 0 Å². The molecule has 1 amide bonds. The smallest absolute Gasteiger partial charge is 0.416 e. The molecule has 1 aliphatic rings. The number of alkyl halides is 6. The normalized spacial score (nSPS) is 20.8. The van der Waals surface area contributed by atoms with Crippen LogP contribution in [0.1, 0.15) is 34.0 Å². The van der Waals surface area contributed by atoms with Crippen LogP contribution in [0.25, 0.3) is 0 Å². The number of ether oxygens (including phenoxy) is 1. The van der Waals surface area contributed by atoms with E-state index in [1.807, 2.05) is 0 Å². The summed E-state index contributed by atoms with van der Waals surface area (Å²) in [6.07, 6.45) is -6.68. The Morgan fingerprint density at radius 2 is 1.56 bits per heavy atom. The summed E-state index contributed by atoms with van der Waals surface area (Å²) in [7, 11) is 0. The predicted molar refractivity (Wildman–Crippen MR) is 111 cm³/mol. The minimum atomic E-state index is -4.60. The predicted octanol–water partition coefficient (Wildman–Crippen LogP) is 4.30. The van der Waals surface area contributed by atoms with Crippen LogP contribution in [0, 0.1) is 0 Å². The fourth-order valence-electron chi connectivity index (χ4n) is 4.12. The van der Waals surface area contributed by atoms with Gasteiger partial charge in [-0.2, -0.15) is 31.4 Å². The highest BCUT2D eigenvalue weighted by molar-refractivity contribution is 5.96. The molecule has 1 fully saturated rings. The first-order valence-electron chi connectivity index (χ1n) is 10.5. The van der Waals surface area contributed by atoms with Crippen molar-refractivity contribution < 1.29 is 40.7 Å². The lowest BCUT2D eigenvalue weighted by molar-refractivity contribution is -0.186. The van der Waals surface area contributed by atoms with Crippen LogP contribution in [0.5, 0.6) is 0 Å². The number of esters is 1. The maximum Gasteiger partial charge on any atom is 0.416 e. The lowest BCUT2D eigenvalue weighted by atomic mass is 9.83. The summed E-state index contributed by atoms with van der Waals surface area (Å²) in [5, 5.41) is 3.98. The molecular formula is C23H18F6N4O3. The van der Waals surface area contributed by atoms with Crippen LogP contribution in [0.15, 0.2) is 61.2 Å². The summed E-state index contributed by atoms with van der Waals surface area (Å²) in [6.45, 7) is 0.825. The van der Waals surface area contributed by atoms with E-state index in [9.17, 15) is 35.9 Å². The summed E-state index contributed by atoms with van der Waals surface area (Å²) in [5.41, 5.74) is -3.48. The third-order valence-electron chi connectivity index (χ3n) is 6.02. The van der Waals surface area contributed by atoms with E-state index in [0.717, 1.165) is 53.4 Å². The maximum atomic E-state index is 13.3. The highest BCUT2D eigenvalue weighted by atomic mass is 19.4. The zero-order chi connectivity index (χ0) is 26.3. The topological polar surface area (TPSA) is 77.3 Å². The minimum absolute atomic E-state index is 0.105. The molecule has 0 saturated carbocycles. The first kappa shape index (κ1) is 25.2.